The molecule has 1 aromatic carbocycles. The highest BCUT2D eigenvalue weighted by Crippen LogP contribution is 2.39. The molecule has 1 aliphatic heterocycles. The molecule has 3 rings (SSSR count). The van der Waals surface area contributed by atoms with E-state index in [0.717, 1.165) is 13.0 Å². The fraction of sp³-hybridized carbons (Fsp3) is 0.438. The van der Waals surface area contributed by atoms with Gasteiger partial charge in [-0.3, -0.25) is 0 Å². The largest absolute Gasteiger partial charge is 0.308 e. The molecule has 0 aliphatic carbocycles. The lowest BCUT2D eigenvalue weighted by Gasteiger charge is -2.16. The molecule has 1 aliphatic rings. The minimum absolute atomic E-state index is 0.345. The zero-order chi connectivity index (χ0) is 13.9. The summed E-state index contributed by atoms with van der Waals surface area (Å²) < 4.78 is 0. The Bertz CT molecular complexity index is 579. The zero-order valence-corrected chi connectivity index (χ0v) is 13.6. The van der Waals surface area contributed by atoms with E-state index >= 15 is 0 Å². The number of nitrogens with zero attached hydrogens (tertiary/aromatic N) is 1. The van der Waals surface area contributed by atoms with E-state index in [0.29, 0.717) is 12.0 Å². The average Bonchev–Trinajstić information content (AvgIpc) is 3.11. The molecule has 4 heteroatoms. The van der Waals surface area contributed by atoms with Gasteiger partial charge in [0.2, 0.25) is 0 Å². The Hall–Kier alpha value is -0.840. The Morgan fingerprint density at radius 1 is 1.40 bits per heavy atom. The van der Waals surface area contributed by atoms with E-state index in [1.165, 1.54) is 26.1 Å². The van der Waals surface area contributed by atoms with Crippen molar-refractivity contribution in [1.82, 2.24) is 10.3 Å². The first-order valence-corrected chi connectivity index (χ1v) is 8.98. The summed E-state index contributed by atoms with van der Waals surface area (Å²) in [4.78, 5) is 7.35. The van der Waals surface area contributed by atoms with Crippen molar-refractivity contribution in [2.75, 3.05) is 12.3 Å². The minimum atomic E-state index is 0.345. The van der Waals surface area contributed by atoms with Crippen molar-refractivity contribution >= 4 is 23.1 Å². The standard InChI is InChI=1S/C16H20N2S2/c1-3-13-9-18-16(20-13)11(2)17-8-12-10-19-15-7-5-4-6-14(12)15/h4-7,9,11-12,17H,3,8,10H2,1-2H3. The van der Waals surface area contributed by atoms with Crippen LogP contribution in [0.15, 0.2) is 35.4 Å². The van der Waals surface area contributed by atoms with Gasteiger partial charge in [-0.05, 0) is 25.0 Å². The molecule has 2 atom stereocenters. The number of thioether (sulfide) groups is 1. The molecule has 0 amide bonds. The highest BCUT2D eigenvalue weighted by atomic mass is 32.2. The predicted octanol–water partition coefficient (Wildman–Crippen LogP) is 4.25. The van der Waals surface area contributed by atoms with Crippen molar-refractivity contribution in [3.05, 3.63) is 45.9 Å². The molecule has 0 saturated carbocycles. The van der Waals surface area contributed by atoms with Gasteiger partial charge in [0.25, 0.3) is 0 Å². The molecule has 1 aromatic heterocycles. The summed E-state index contributed by atoms with van der Waals surface area (Å²) in [6.07, 6.45) is 3.09. The monoisotopic (exact) mass is 304 g/mol. The average molecular weight is 304 g/mol. The van der Waals surface area contributed by atoms with Gasteiger partial charge < -0.3 is 5.32 Å². The van der Waals surface area contributed by atoms with E-state index in [4.69, 9.17) is 0 Å². The summed E-state index contributed by atoms with van der Waals surface area (Å²) >= 11 is 3.81. The van der Waals surface area contributed by atoms with Crippen molar-refractivity contribution < 1.29 is 0 Å². The SMILES string of the molecule is CCc1cnc(C(C)NCC2CSc3ccccc32)s1. The maximum atomic E-state index is 4.53. The fourth-order valence-corrected chi connectivity index (χ4v) is 4.63. The van der Waals surface area contributed by atoms with Crippen LogP contribution in [-0.2, 0) is 6.42 Å². The highest BCUT2D eigenvalue weighted by Gasteiger charge is 2.23. The summed E-state index contributed by atoms with van der Waals surface area (Å²) in [6.45, 7) is 5.43. The molecule has 2 heterocycles. The highest BCUT2D eigenvalue weighted by molar-refractivity contribution is 7.99. The van der Waals surface area contributed by atoms with Gasteiger partial charge in [0.1, 0.15) is 5.01 Å². The van der Waals surface area contributed by atoms with E-state index in [9.17, 15) is 0 Å². The van der Waals surface area contributed by atoms with Crippen LogP contribution in [0, 0.1) is 0 Å². The number of hydrogen-bond donors (Lipinski definition) is 1. The molecule has 0 saturated heterocycles. The molecule has 2 nitrogen and oxygen atoms in total. The number of benzene rings is 1. The van der Waals surface area contributed by atoms with Crippen LogP contribution < -0.4 is 5.32 Å². The minimum Gasteiger partial charge on any atom is -0.308 e. The summed E-state index contributed by atoms with van der Waals surface area (Å²) in [5.41, 5.74) is 1.51. The van der Waals surface area contributed by atoms with Crippen LogP contribution in [0.4, 0.5) is 0 Å². The first kappa shape index (κ1) is 14.1. The second kappa shape index (κ2) is 6.29. The van der Waals surface area contributed by atoms with E-state index in [-0.39, 0.29) is 0 Å². The molecule has 0 spiro atoms. The second-order valence-corrected chi connectivity index (χ2v) is 7.40. The van der Waals surface area contributed by atoms with Crippen LogP contribution >= 0.6 is 23.1 Å². The Morgan fingerprint density at radius 2 is 2.25 bits per heavy atom. The summed E-state index contributed by atoms with van der Waals surface area (Å²) in [7, 11) is 0. The van der Waals surface area contributed by atoms with Gasteiger partial charge in [-0.15, -0.1) is 23.1 Å². The zero-order valence-electron chi connectivity index (χ0n) is 11.9. The van der Waals surface area contributed by atoms with Crippen LogP contribution in [-0.4, -0.2) is 17.3 Å². The van der Waals surface area contributed by atoms with Gasteiger partial charge in [0.15, 0.2) is 0 Å². The lowest BCUT2D eigenvalue weighted by molar-refractivity contribution is 0.539. The number of aryl methyl sites for hydroxylation is 1. The smallest absolute Gasteiger partial charge is 0.109 e. The normalized spacial score (nSPS) is 19.0. The van der Waals surface area contributed by atoms with Gasteiger partial charge in [-0.1, -0.05) is 25.1 Å². The lowest BCUT2D eigenvalue weighted by atomic mass is 10.0. The third kappa shape index (κ3) is 2.92. The first-order chi connectivity index (χ1) is 9.78. The van der Waals surface area contributed by atoms with Crippen molar-refractivity contribution in [1.29, 1.82) is 0 Å². The van der Waals surface area contributed by atoms with Crippen LogP contribution in [0.1, 0.15) is 41.3 Å². The van der Waals surface area contributed by atoms with Crippen LogP contribution in [0.25, 0.3) is 0 Å². The van der Waals surface area contributed by atoms with E-state index in [2.05, 4.69) is 48.4 Å². The van der Waals surface area contributed by atoms with Gasteiger partial charge in [-0.25, -0.2) is 4.98 Å². The van der Waals surface area contributed by atoms with Gasteiger partial charge in [0.05, 0.1) is 6.04 Å². The summed E-state index contributed by atoms with van der Waals surface area (Å²) in [6, 6.07) is 9.13. The molecule has 2 unspecified atom stereocenters. The van der Waals surface area contributed by atoms with Gasteiger partial charge in [-0.2, -0.15) is 0 Å². The van der Waals surface area contributed by atoms with Crippen molar-refractivity contribution in [2.24, 2.45) is 0 Å². The Labute approximate surface area is 129 Å². The second-order valence-electron chi connectivity index (χ2n) is 5.19. The number of thiazole rings is 1. The van der Waals surface area contributed by atoms with Gasteiger partial charge in [0, 0.05) is 34.2 Å². The van der Waals surface area contributed by atoms with Crippen molar-refractivity contribution in [3.63, 3.8) is 0 Å². The molecule has 0 radical (unpaired) electrons. The van der Waals surface area contributed by atoms with Crippen LogP contribution in [0.3, 0.4) is 0 Å². The maximum absolute atomic E-state index is 4.53. The molecule has 20 heavy (non-hydrogen) atoms. The maximum Gasteiger partial charge on any atom is 0.109 e. The van der Waals surface area contributed by atoms with Crippen molar-refractivity contribution in [2.45, 2.75) is 37.1 Å². The Morgan fingerprint density at radius 3 is 3.05 bits per heavy atom. The van der Waals surface area contributed by atoms with Crippen LogP contribution in [0.5, 0.6) is 0 Å². The quantitative estimate of drug-likeness (QED) is 0.894. The number of nitrogens with one attached hydrogen (secondary N) is 1. The Balaban J connectivity index is 1.60. The number of fused-ring (bicyclic) bond motifs is 1. The number of rotatable bonds is 5. The molecule has 1 N–H and O–H groups in total. The molecular formula is C16H20N2S2. The predicted molar refractivity (Wildman–Crippen MR) is 87.8 cm³/mol. The number of aromatic nitrogens is 1. The summed E-state index contributed by atoms with van der Waals surface area (Å²) in [5.74, 6) is 1.82. The fourth-order valence-electron chi connectivity index (χ4n) is 2.49. The molecule has 0 fully saturated rings. The van der Waals surface area contributed by atoms with E-state index < -0.39 is 0 Å². The third-order valence-corrected chi connectivity index (χ3v) is 6.34. The molecule has 0 bridgehead atoms. The van der Waals surface area contributed by atoms with E-state index in [1.54, 1.807) is 0 Å². The van der Waals surface area contributed by atoms with Crippen molar-refractivity contribution in [3.8, 4) is 0 Å². The van der Waals surface area contributed by atoms with E-state index in [1.807, 2.05) is 29.3 Å². The Kier molecular flexibility index (Phi) is 4.44. The molecule has 2 aromatic rings. The third-order valence-electron chi connectivity index (χ3n) is 3.76. The molecule has 106 valence electrons. The summed E-state index contributed by atoms with van der Waals surface area (Å²) in [5, 5.41) is 4.86. The lowest BCUT2D eigenvalue weighted by Crippen LogP contribution is -2.24. The van der Waals surface area contributed by atoms with Crippen LogP contribution in [0.2, 0.25) is 0 Å². The number of hydrogen-bond acceptors (Lipinski definition) is 4. The molecular weight excluding hydrogens is 284 g/mol. The first-order valence-electron chi connectivity index (χ1n) is 7.17. The topological polar surface area (TPSA) is 24.9 Å². The van der Waals surface area contributed by atoms with Gasteiger partial charge >= 0.3 is 0 Å².